The van der Waals surface area contributed by atoms with E-state index in [1.165, 1.54) is 6.08 Å². The number of hydrogen-bond acceptors (Lipinski definition) is 2. The van der Waals surface area contributed by atoms with Crippen molar-refractivity contribution in [2.24, 2.45) is 5.73 Å². The van der Waals surface area contributed by atoms with Crippen molar-refractivity contribution in [3.05, 3.63) is 47.7 Å². The van der Waals surface area contributed by atoms with E-state index in [2.05, 4.69) is 0 Å². The molecule has 0 aromatic rings. The number of aldehydes is 1. The zero-order valence-corrected chi connectivity index (χ0v) is 6.73. The molecule has 1 aliphatic carbocycles. The molecule has 0 bridgehead atoms. The number of carbonyl (C=O) groups excluding carboxylic acids is 1. The molecule has 2 N–H and O–H groups in total. The van der Waals surface area contributed by atoms with Gasteiger partial charge in [0.15, 0.2) is 0 Å². The Morgan fingerprint density at radius 3 is 2.83 bits per heavy atom. The first-order valence-corrected chi connectivity index (χ1v) is 3.79. The van der Waals surface area contributed by atoms with Crippen molar-refractivity contribution >= 4 is 6.29 Å². The van der Waals surface area contributed by atoms with E-state index in [9.17, 15) is 4.79 Å². The third-order valence-electron chi connectivity index (χ3n) is 1.55. The van der Waals surface area contributed by atoms with E-state index >= 15 is 0 Å². The zero-order valence-electron chi connectivity index (χ0n) is 6.73. The van der Waals surface area contributed by atoms with Gasteiger partial charge in [0.05, 0.1) is 0 Å². The average Bonchev–Trinajstić information content (AvgIpc) is 2.27. The van der Waals surface area contributed by atoms with Gasteiger partial charge >= 0.3 is 0 Å². The van der Waals surface area contributed by atoms with Gasteiger partial charge in [-0.05, 0) is 30.2 Å². The van der Waals surface area contributed by atoms with Gasteiger partial charge in [-0.3, -0.25) is 4.79 Å². The largest absolute Gasteiger partial charge is 0.398 e. The second-order valence-electron chi connectivity index (χ2n) is 2.45. The predicted octanol–water partition coefficient (Wildman–Crippen LogP) is 1.47. The molecule has 0 spiro atoms. The Bertz CT molecular complexity index is 282. The summed E-state index contributed by atoms with van der Waals surface area (Å²) >= 11 is 0. The quantitative estimate of drug-likeness (QED) is 0.492. The highest BCUT2D eigenvalue weighted by Crippen LogP contribution is 2.09. The standard InChI is InChI=1S/C10H11NO/c11-10-7-3-1-2-5-9(10)6-4-8-12/h2-8H,1,11H2/b6-4-. The minimum Gasteiger partial charge on any atom is -0.398 e. The molecule has 0 radical (unpaired) electrons. The first-order chi connectivity index (χ1) is 5.84. The fraction of sp³-hybridized carbons (Fsp3) is 0.100. The van der Waals surface area contributed by atoms with Crippen LogP contribution in [0.4, 0.5) is 0 Å². The van der Waals surface area contributed by atoms with Crippen molar-refractivity contribution in [1.29, 1.82) is 0 Å². The van der Waals surface area contributed by atoms with Crippen LogP contribution in [0.15, 0.2) is 47.7 Å². The van der Waals surface area contributed by atoms with Crippen LogP contribution in [0, 0.1) is 0 Å². The molecule has 0 amide bonds. The Hall–Kier alpha value is -1.57. The van der Waals surface area contributed by atoms with E-state index < -0.39 is 0 Å². The summed E-state index contributed by atoms with van der Waals surface area (Å²) < 4.78 is 0. The fourth-order valence-electron chi connectivity index (χ4n) is 0.956. The Labute approximate surface area is 71.8 Å². The van der Waals surface area contributed by atoms with Crippen molar-refractivity contribution in [2.75, 3.05) is 0 Å². The van der Waals surface area contributed by atoms with E-state index in [0.717, 1.165) is 18.3 Å². The highest BCUT2D eigenvalue weighted by molar-refractivity contribution is 5.66. The van der Waals surface area contributed by atoms with Gasteiger partial charge in [0, 0.05) is 5.70 Å². The lowest BCUT2D eigenvalue weighted by atomic mass is 10.2. The van der Waals surface area contributed by atoms with E-state index in [4.69, 9.17) is 5.73 Å². The molecule has 0 atom stereocenters. The van der Waals surface area contributed by atoms with Gasteiger partial charge in [0.2, 0.25) is 0 Å². The van der Waals surface area contributed by atoms with Crippen LogP contribution in [0.5, 0.6) is 0 Å². The van der Waals surface area contributed by atoms with Crippen molar-refractivity contribution in [3.63, 3.8) is 0 Å². The third-order valence-corrected chi connectivity index (χ3v) is 1.55. The molecule has 2 nitrogen and oxygen atoms in total. The van der Waals surface area contributed by atoms with Crippen LogP contribution in [0.2, 0.25) is 0 Å². The molecule has 0 heterocycles. The maximum Gasteiger partial charge on any atom is 0.142 e. The lowest BCUT2D eigenvalue weighted by Crippen LogP contribution is -1.95. The topological polar surface area (TPSA) is 43.1 Å². The highest BCUT2D eigenvalue weighted by atomic mass is 16.1. The summed E-state index contributed by atoms with van der Waals surface area (Å²) in [5.74, 6) is 0. The molecule has 0 saturated heterocycles. The molecule has 62 valence electrons. The normalized spacial score (nSPS) is 17.0. The fourth-order valence-corrected chi connectivity index (χ4v) is 0.956. The number of rotatable bonds is 2. The SMILES string of the molecule is NC1=C(/C=C\C=O)C=CCC=C1. The van der Waals surface area contributed by atoms with Gasteiger partial charge in [-0.1, -0.05) is 18.2 Å². The maximum absolute atomic E-state index is 10.0. The average molecular weight is 161 g/mol. The van der Waals surface area contributed by atoms with Crippen molar-refractivity contribution in [3.8, 4) is 0 Å². The van der Waals surface area contributed by atoms with E-state index in [1.54, 1.807) is 6.08 Å². The summed E-state index contributed by atoms with van der Waals surface area (Å²) in [6.45, 7) is 0. The molecular formula is C10H11NO. The summed E-state index contributed by atoms with van der Waals surface area (Å²) in [5.41, 5.74) is 7.28. The first-order valence-electron chi connectivity index (χ1n) is 3.79. The summed E-state index contributed by atoms with van der Waals surface area (Å²) in [6, 6.07) is 0. The van der Waals surface area contributed by atoms with Crippen LogP contribution in [-0.2, 0) is 4.79 Å². The molecule has 0 aliphatic heterocycles. The second kappa shape index (κ2) is 4.34. The second-order valence-corrected chi connectivity index (χ2v) is 2.45. The highest BCUT2D eigenvalue weighted by Gasteiger charge is 1.94. The summed E-state index contributed by atoms with van der Waals surface area (Å²) in [7, 11) is 0. The molecule has 1 rings (SSSR count). The van der Waals surface area contributed by atoms with Crippen LogP contribution < -0.4 is 5.73 Å². The van der Waals surface area contributed by atoms with Gasteiger partial charge in [-0.15, -0.1) is 0 Å². The monoisotopic (exact) mass is 161 g/mol. The summed E-state index contributed by atoms with van der Waals surface area (Å²) in [6.07, 6.45) is 12.5. The van der Waals surface area contributed by atoms with Crippen LogP contribution in [0.25, 0.3) is 0 Å². The van der Waals surface area contributed by atoms with Gasteiger partial charge in [-0.2, -0.15) is 0 Å². The number of allylic oxidation sites excluding steroid dienone is 7. The van der Waals surface area contributed by atoms with E-state index in [-0.39, 0.29) is 0 Å². The predicted molar refractivity (Wildman–Crippen MR) is 49.3 cm³/mol. The lowest BCUT2D eigenvalue weighted by molar-refractivity contribution is -0.104. The van der Waals surface area contributed by atoms with E-state index in [1.807, 2.05) is 24.3 Å². The number of carbonyl (C=O) groups is 1. The molecule has 12 heavy (non-hydrogen) atoms. The Morgan fingerprint density at radius 1 is 1.33 bits per heavy atom. The minimum absolute atomic E-state index is 0.696. The van der Waals surface area contributed by atoms with E-state index in [0.29, 0.717) is 5.70 Å². The lowest BCUT2D eigenvalue weighted by Gasteiger charge is -1.95. The van der Waals surface area contributed by atoms with Gasteiger partial charge < -0.3 is 5.73 Å². The van der Waals surface area contributed by atoms with Crippen molar-refractivity contribution in [1.82, 2.24) is 0 Å². The van der Waals surface area contributed by atoms with Gasteiger partial charge in [0.1, 0.15) is 6.29 Å². The molecule has 1 aliphatic rings. The minimum atomic E-state index is 0.696. The number of hydrogen-bond donors (Lipinski definition) is 1. The van der Waals surface area contributed by atoms with Gasteiger partial charge in [-0.25, -0.2) is 0 Å². The molecule has 0 fully saturated rings. The summed E-state index contributed by atoms with van der Waals surface area (Å²) in [5, 5.41) is 0. The third kappa shape index (κ3) is 2.23. The van der Waals surface area contributed by atoms with Crippen molar-refractivity contribution < 1.29 is 4.79 Å². The van der Waals surface area contributed by atoms with Crippen LogP contribution in [-0.4, -0.2) is 6.29 Å². The molecule has 2 heteroatoms. The van der Waals surface area contributed by atoms with Crippen LogP contribution in [0.1, 0.15) is 6.42 Å². The zero-order chi connectivity index (χ0) is 8.81. The van der Waals surface area contributed by atoms with Crippen molar-refractivity contribution in [2.45, 2.75) is 6.42 Å². The molecular weight excluding hydrogens is 150 g/mol. The Kier molecular flexibility index (Phi) is 3.08. The summed E-state index contributed by atoms with van der Waals surface area (Å²) in [4.78, 5) is 10.0. The molecule has 0 aromatic carbocycles. The Morgan fingerprint density at radius 2 is 2.08 bits per heavy atom. The van der Waals surface area contributed by atoms with Crippen LogP contribution in [0.3, 0.4) is 0 Å². The Balaban J connectivity index is 2.90. The molecule has 0 aromatic heterocycles. The number of nitrogens with two attached hydrogens (primary N) is 1. The van der Waals surface area contributed by atoms with Gasteiger partial charge in [0.25, 0.3) is 0 Å². The molecule has 0 unspecified atom stereocenters. The molecule has 0 saturated carbocycles. The first kappa shape index (κ1) is 8.53. The maximum atomic E-state index is 10.0. The smallest absolute Gasteiger partial charge is 0.142 e. The van der Waals surface area contributed by atoms with Crippen LogP contribution >= 0.6 is 0 Å².